The van der Waals surface area contributed by atoms with Crippen LogP contribution in [0.5, 0.6) is 0 Å². The lowest BCUT2D eigenvalue weighted by molar-refractivity contribution is 0.0656. The Labute approximate surface area is 119 Å². The first-order valence-corrected chi connectivity index (χ1v) is 7.11. The van der Waals surface area contributed by atoms with Gasteiger partial charge in [-0.3, -0.25) is 14.5 Å². The third kappa shape index (κ3) is 2.07. The van der Waals surface area contributed by atoms with E-state index in [0.29, 0.717) is 24.1 Å². The molecular weight excluding hydrogens is 282 g/mol. The van der Waals surface area contributed by atoms with Gasteiger partial charge < -0.3 is 0 Å². The van der Waals surface area contributed by atoms with E-state index in [1.807, 2.05) is 11.4 Å². The molecule has 0 N–H and O–H groups in total. The Morgan fingerprint density at radius 3 is 2.21 bits per heavy atom. The monoisotopic (exact) mass is 291 g/mol. The lowest BCUT2D eigenvalue weighted by Gasteiger charge is -2.13. The average molecular weight is 292 g/mol. The van der Waals surface area contributed by atoms with E-state index < -0.39 is 0 Å². The van der Waals surface area contributed by atoms with Gasteiger partial charge in [0.1, 0.15) is 0 Å². The van der Waals surface area contributed by atoms with E-state index in [1.54, 1.807) is 24.3 Å². The summed E-state index contributed by atoms with van der Waals surface area (Å²) in [5.74, 6) is -0.432. The zero-order valence-corrected chi connectivity index (χ0v) is 11.5. The number of nitrogens with zero attached hydrogens (tertiary/aromatic N) is 1. The summed E-state index contributed by atoms with van der Waals surface area (Å²) in [4.78, 5) is 25.5. The minimum atomic E-state index is -0.216. The van der Waals surface area contributed by atoms with Crippen molar-refractivity contribution in [2.24, 2.45) is 0 Å². The van der Waals surface area contributed by atoms with Crippen LogP contribution in [0.15, 0.2) is 35.7 Å². The molecule has 0 unspecified atom stereocenters. The van der Waals surface area contributed by atoms with E-state index in [-0.39, 0.29) is 11.8 Å². The number of benzene rings is 1. The number of rotatable bonds is 3. The maximum atomic E-state index is 12.1. The number of halogens is 1. The number of imide groups is 1. The number of carbonyl (C=O) groups is 2. The second-order valence-corrected chi connectivity index (χ2v) is 5.80. The van der Waals surface area contributed by atoms with Gasteiger partial charge in [-0.25, -0.2) is 0 Å². The molecule has 0 saturated heterocycles. The highest BCUT2D eigenvalue weighted by Gasteiger charge is 2.34. The van der Waals surface area contributed by atoms with Crippen molar-refractivity contribution in [2.45, 2.75) is 6.42 Å². The van der Waals surface area contributed by atoms with Gasteiger partial charge in [0.05, 0.1) is 15.5 Å². The van der Waals surface area contributed by atoms with Crippen molar-refractivity contribution in [2.75, 3.05) is 6.54 Å². The number of carbonyl (C=O) groups excluding carboxylic acids is 2. The van der Waals surface area contributed by atoms with E-state index in [0.717, 1.165) is 9.90 Å². The topological polar surface area (TPSA) is 37.4 Å². The van der Waals surface area contributed by atoms with Gasteiger partial charge in [-0.15, -0.1) is 11.3 Å². The quantitative estimate of drug-likeness (QED) is 0.814. The van der Waals surface area contributed by atoms with Gasteiger partial charge in [0.15, 0.2) is 0 Å². The van der Waals surface area contributed by atoms with Crippen molar-refractivity contribution in [1.82, 2.24) is 4.90 Å². The Bertz CT molecular complexity index is 630. The van der Waals surface area contributed by atoms with E-state index in [4.69, 9.17) is 11.6 Å². The van der Waals surface area contributed by atoms with Crippen molar-refractivity contribution < 1.29 is 9.59 Å². The molecule has 96 valence electrons. The van der Waals surface area contributed by atoms with Gasteiger partial charge in [-0.1, -0.05) is 23.7 Å². The molecule has 3 nitrogen and oxygen atoms in total. The number of hydrogen-bond acceptors (Lipinski definition) is 3. The van der Waals surface area contributed by atoms with Crippen LogP contribution in [-0.4, -0.2) is 23.3 Å². The molecule has 5 heteroatoms. The molecule has 0 spiro atoms. The maximum Gasteiger partial charge on any atom is 0.261 e. The van der Waals surface area contributed by atoms with E-state index in [2.05, 4.69) is 0 Å². The zero-order chi connectivity index (χ0) is 13.4. The fourth-order valence-corrected chi connectivity index (χ4v) is 3.16. The van der Waals surface area contributed by atoms with Crippen molar-refractivity contribution in [1.29, 1.82) is 0 Å². The predicted octanol–water partition coefficient (Wildman–Crippen LogP) is 3.24. The van der Waals surface area contributed by atoms with Gasteiger partial charge in [0, 0.05) is 6.54 Å². The summed E-state index contributed by atoms with van der Waals surface area (Å²) < 4.78 is 0.719. The van der Waals surface area contributed by atoms with Crippen LogP contribution in [0.25, 0.3) is 0 Å². The standard InChI is InChI=1S/C14H10ClNO2S/c15-12-9(6-8-19-12)5-7-16-13(17)10-3-1-2-4-11(10)14(16)18/h1-4,6,8H,5,7H2. The second kappa shape index (κ2) is 4.79. The molecule has 3 rings (SSSR count). The summed E-state index contributed by atoms with van der Waals surface area (Å²) in [5.41, 5.74) is 1.95. The first-order chi connectivity index (χ1) is 9.18. The summed E-state index contributed by atoms with van der Waals surface area (Å²) in [6, 6.07) is 8.83. The third-order valence-corrected chi connectivity index (χ3v) is 4.43. The SMILES string of the molecule is O=C1c2ccccc2C(=O)N1CCc1ccsc1Cl. The van der Waals surface area contributed by atoms with E-state index in [1.165, 1.54) is 16.2 Å². The van der Waals surface area contributed by atoms with Crippen LogP contribution in [-0.2, 0) is 6.42 Å². The highest BCUT2D eigenvalue weighted by atomic mass is 35.5. The largest absolute Gasteiger partial charge is 0.274 e. The number of fused-ring (bicyclic) bond motifs is 1. The molecule has 2 aromatic rings. The molecule has 1 aliphatic rings. The molecule has 2 amide bonds. The Morgan fingerprint density at radius 2 is 1.68 bits per heavy atom. The number of amides is 2. The average Bonchev–Trinajstić information content (AvgIpc) is 2.93. The van der Waals surface area contributed by atoms with Crippen LogP contribution >= 0.6 is 22.9 Å². The molecule has 0 saturated carbocycles. The first kappa shape index (κ1) is 12.4. The third-order valence-electron chi connectivity index (χ3n) is 3.18. The normalized spacial score (nSPS) is 14.1. The zero-order valence-electron chi connectivity index (χ0n) is 9.93. The fourth-order valence-electron chi connectivity index (χ4n) is 2.17. The maximum absolute atomic E-state index is 12.1. The van der Waals surface area contributed by atoms with Gasteiger partial charge >= 0.3 is 0 Å². The summed E-state index contributed by atoms with van der Waals surface area (Å²) in [6.45, 7) is 0.364. The van der Waals surface area contributed by atoms with Crippen molar-refractivity contribution in [3.8, 4) is 0 Å². The van der Waals surface area contributed by atoms with Crippen LogP contribution in [0.4, 0.5) is 0 Å². The van der Waals surface area contributed by atoms with Gasteiger partial charge in [0.2, 0.25) is 0 Å². The smallest absolute Gasteiger partial charge is 0.261 e. The van der Waals surface area contributed by atoms with Crippen molar-refractivity contribution in [3.05, 3.63) is 56.7 Å². The van der Waals surface area contributed by atoms with Gasteiger partial charge in [-0.2, -0.15) is 0 Å². The van der Waals surface area contributed by atoms with Gasteiger partial charge in [0.25, 0.3) is 11.8 Å². The molecule has 19 heavy (non-hydrogen) atoms. The van der Waals surface area contributed by atoms with Crippen LogP contribution in [0.2, 0.25) is 4.34 Å². The summed E-state index contributed by atoms with van der Waals surface area (Å²) >= 11 is 7.47. The van der Waals surface area contributed by atoms with Crippen LogP contribution in [0.1, 0.15) is 26.3 Å². The molecule has 2 heterocycles. The highest BCUT2D eigenvalue weighted by molar-refractivity contribution is 7.14. The molecule has 0 aliphatic carbocycles. The van der Waals surface area contributed by atoms with Crippen LogP contribution < -0.4 is 0 Å². The lowest BCUT2D eigenvalue weighted by Crippen LogP contribution is -2.31. The fraction of sp³-hybridized carbons (Fsp3) is 0.143. The summed E-state index contributed by atoms with van der Waals surface area (Å²) in [5, 5.41) is 1.90. The van der Waals surface area contributed by atoms with Crippen molar-refractivity contribution >= 4 is 34.8 Å². The molecule has 0 fully saturated rings. The molecule has 1 aromatic carbocycles. The highest BCUT2D eigenvalue weighted by Crippen LogP contribution is 2.26. The predicted molar refractivity (Wildman–Crippen MR) is 74.8 cm³/mol. The molecule has 1 aliphatic heterocycles. The molecule has 0 radical (unpaired) electrons. The number of hydrogen-bond donors (Lipinski definition) is 0. The minimum absolute atomic E-state index is 0.216. The van der Waals surface area contributed by atoms with Crippen LogP contribution in [0, 0.1) is 0 Å². The number of thiophene rings is 1. The Hall–Kier alpha value is -1.65. The minimum Gasteiger partial charge on any atom is -0.274 e. The van der Waals surface area contributed by atoms with E-state index in [9.17, 15) is 9.59 Å². The summed E-state index contributed by atoms with van der Waals surface area (Å²) in [6.07, 6.45) is 0.591. The Balaban J connectivity index is 1.79. The molecule has 1 aromatic heterocycles. The second-order valence-electron chi connectivity index (χ2n) is 4.28. The Kier molecular flexibility index (Phi) is 3.12. The Morgan fingerprint density at radius 1 is 1.05 bits per heavy atom. The van der Waals surface area contributed by atoms with Gasteiger partial charge in [-0.05, 0) is 35.6 Å². The summed E-state index contributed by atoms with van der Waals surface area (Å²) in [7, 11) is 0. The molecular formula is C14H10ClNO2S. The lowest BCUT2D eigenvalue weighted by atomic mass is 10.1. The molecule has 0 atom stereocenters. The molecule has 0 bridgehead atoms. The van der Waals surface area contributed by atoms with E-state index >= 15 is 0 Å². The van der Waals surface area contributed by atoms with Crippen LogP contribution in [0.3, 0.4) is 0 Å². The van der Waals surface area contributed by atoms with Crippen molar-refractivity contribution in [3.63, 3.8) is 0 Å². The first-order valence-electron chi connectivity index (χ1n) is 5.85.